The van der Waals surface area contributed by atoms with Crippen LogP contribution in [-0.2, 0) is 4.79 Å². The predicted molar refractivity (Wildman–Crippen MR) is 72.7 cm³/mol. The van der Waals surface area contributed by atoms with E-state index in [1.165, 1.54) is 11.3 Å². The molecule has 1 aromatic heterocycles. The number of nitrogens with zero attached hydrogens (tertiary/aromatic N) is 1. The molecule has 0 aromatic carbocycles. The number of rotatable bonds is 2. The fraction of sp³-hybridized carbons (Fsp3) is 0.636. The molecule has 2 atom stereocenters. The average molecular weight is 276 g/mol. The van der Waals surface area contributed by atoms with Crippen molar-refractivity contribution in [2.45, 2.75) is 38.6 Å². The van der Waals surface area contributed by atoms with Crippen LogP contribution < -0.4 is 11.1 Å². The van der Waals surface area contributed by atoms with E-state index in [2.05, 4.69) is 10.3 Å². The van der Waals surface area contributed by atoms with Gasteiger partial charge in [-0.1, -0.05) is 6.42 Å². The van der Waals surface area contributed by atoms with Gasteiger partial charge in [0.25, 0.3) is 0 Å². The van der Waals surface area contributed by atoms with Gasteiger partial charge in [-0.3, -0.25) is 4.79 Å². The predicted octanol–water partition coefficient (Wildman–Crippen LogP) is 2.33. The maximum absolute atomic E-state index is 11.9. The fourth-order valence-electron chi connectivity index (χ4n) is 2.09. The van der Waals surface area contributed by atoms with E-state index in [0.717, 1.165) is 30.6 Å². The van der Waals surface area contributed by atoms with Gasteiger partial charge in [-0.2, -0.15) is 0 Å². The summed E-state index contributed by atoms with van der Waals surface area (Å²) in [6.45, 7) is 1.98. The van der Waals surface area contributed by atoms with Gasteiger partial charge < -0.3 is 11.1 Å². The van der Waals surface area contributed by atoms with Crippen LogP contribution in [-0.4, -0.2) is 16.9 Å². The van der Waals surface area contributed by atoms with Crippen molar-refractivity contribution in [2.75, 3.05) is 5.32 Å². The first-order chi connectivity index (χ1) is 7.65. The van der Waals surface area contributed by atoms with Crippen molar-refractivity contribution in [3.63, 3.8) is 0 Å². The van der Waals surface area contributed by atoms with E-state index in [0.29, 0.717) is 5.13 Å². The first-order valence-electron chi connectivity index (χ1n) is 5.64. The standard InChI is InChI=1S/C11H17N3OS.ClH/c1-7-6-13-11(16-7)14-10(15)8-3-2-4-9(12)5-8;/h6,8-9H,2-5,12H2,1H3,(H,13,14,15);1H. The van der Waals surface area contributed by atoms with Gasteiger partial charge in [0.1, 0.15) is 0 Å². The number of nitrogens with two attached hydrogens (primary N) is 1. The summed E-state index contributed by atoms with van der Waals surface area (Å²) < 4.78 is 0. The Morgan fingerprint density at radius 1 is 1.59 bits per heavy atom. The lowest BCUT2D eigenvalue weighted by Crippen LogP contribution is -2.34. The van der Waals surface area contributed by atoms with Crippen molar-refractivity contribution >= 4 is 34.8 Å². The molecule has 0 spiro atoms. The summed E-state index contributed by atoms with van der Waals surface area (Å²) >= 11 is 1.51. The van der Waals surface area contributed by atoms with Crippen LogP contribution >= 0.6 is 23.7 Å². The van der Waals surface area contributed by atoms with Crippen LogP contribution in [0.25, 0.3) is 0 Å². The Hall–Kier alpha value is -0.650. The molecule has 3 N–H and O–H groups in total. The van der Waals surface area contributed by atoms with Crippen LogP contribution in [0.2, 0.25) is 0 Å². The summed E-state index contributed by atoms with van der Waals surface area (Å²) in [4.78, 5) is 17.2. The van der Waals surface area contributed by atoms with Crippen molar-refractivity contribution in [3.05, 3.63) is 11.1 Å². The summed E-state index contributed by atoms with van der Waals surface area (Å²) in [5.74, 6) is 0.137. The van der Waals surface area contributed by atoms with Gasteiger partial charge in [0, 0.05) is 23.0 Å². The zero-order chi connectivity index (χ0) is 11.5. The van der Waals surface area contributed by atoms with Crippen molar-refractivity contribution in [3.8, 4) is 0 Å². The Labute approximate surface area is 111 Å². The van der Waals surface area contributed by atoms with E-state index in [1.807, 2.05) is 6.92 Å². The normalized spacial score (nSPS) is 23.9. The van der Waals surface area contributed by atoms with E-state index in [9.17, 15) is 4.79 Å². The molecule has 0 bridgehead atoms. The first kappa shape index (κ1) is 14.4. The molecule has 1 aromatic rings. The highest BCUT2D eigenvalue weighted by Gasteiger charge is 2.25. The highest BCUT2D eigenvalue weighted by Crippen LogP contribution is 2.25. The van der Waals surface area contributed by atoms with Crippen LogP contribution in [0, 0.1) is 12.8 Å². The van der Waals surface area contributed by atoms with E-state index in [4.69, 9.17) is 5.73 Å². The number of anilines is 1. The molecule has 0 radical (unpaired) electrons. The second kappa shape index (κ2) is 6.33. The molecule has 4 nitrogen and oxygen atoms in total. The molecule has 17 heavy (non-hydrogen) atoms. The summed E-state index contributed by atoms with van der Waals surface area (Å²) in [6, 6.07) is 0.183. The largest absolute Gasteiger partial charge is 0.328 e. The lowest BCUT2D eigenvalue weighted by molar-refractivity contribution is -0.120. The zero-order valence-corrected chi connectivity index (χ0v) is 11.4. The van der Waals surface area contributed by atoms with Gasteiger partial charge in [-0.15, -0.1) is 23.7 Å². The van der Waals surface area contributed by atoms with Crippen LogP contribution in [0.4, 0.5) is 5.13 Å². The number of hydrogen-bond acceptors (Lipinski definition) is 4. The molecule has 1 amide bonds. The molecule has 2 rings (SSSR count). The molecule has 1 heterocycles. The van der Waals surface area contributed by atoms with Crippen molar-refractivity contribution in [1.29, 1.82) is 0 Å². The third-order valence-corrected chi connectivity index (χ3v) is 3.77. The Bertz CT molecular complexity index is 383. The van der Waals surface area contributed by atoms with Crippen LogP contribution in [0.15, 0.2) is 6.20 Å². The van der Waals surface area contributed by atoms with E-state index < -0.39 is 0 Å². The number of aromatic nitrogens is 1. The number of thiazole rings is 1. The quantitative estimate of drug-likeness (QED) is 0.870. The number of nitrogens with one attached hydrogen (secondary N) is 1. The van der Waals surface area contributed by atoms with Crippen molar-refractivity contribution in [1.82, 2.24) is 4.98 Å². The Morgan fingerprint density at radius 2 is 2.35 bits per heavy atom. The van der Waals surface area contributed by atoms with Gasteiger partial charge in [0.2, 0.25) is 5.91 Å². The number of carbonyl (C=O) groups excluding carboxylic acids is 1. The first-order valence-corrected chi connectivity index (χ1v) is 6.45. The molecule has 6 heteroatoms. The minimum absolute atomic E-state index is 0. The average Bonchev–Trinajstić information content (AvgIpc) is 2.64. The molecular formula is C11H18ClN3OS. The van der Waals surface area contributed by atoms with Crippen LogP contribution in [0.3, 0.4) is 0 Å². The van der Waals surface area contributed by atoms with Gasteiger partial charge >= 0.3 is 0 Å². The number of amides is 1. The lowest BCUT2D eigenvalue weighted by Gasteiger charge is -2.25. The summed E-state index contributed by atoms with van der Waals surface area (Å²) in [6.07, 6.45) is 5.61. The topological polar surface area (TPSA) is 68.0 Å². The Balaban J connectivity index is 0.00000144. The second-order valence-corrected chi connectivity index (χ2v) is 5.62. The van der Waals surface area contributed by atoms with Crippen LogP contribution in [0.1, 0.15) is 30.6 Å². The Kier molecular flexibility index (Phi) is 5.36. The number of carbonyl (C=O) groups is 1. The van der Waals surface area contributed by atoms with Crippen molar-refractivity contribution < 1.29 is 4.79 Å². The fourth-order valence-corrected chi connectivity index (χ4v) is 2.75. The van der Waals surface area contributed by atoms with Gasteiger partial charge in [-0.25, -0.2) is 4.98 Å². The van der Waals surface area contributed by atoms with Gasteiger partial charge in [0.05, 0.1) is 0 Å². The highest BCUT2D eigenvalue weighted by atomic mass is 35.5. The molecule has 0 aliphatic heterocycles. The SMILES string of the molecule is Cc1cnc(NC(=O)C2CCCC(N)C2)s1.Cl. The molecule has 1 fully saturated rings. The van der Waals surface area contributed by atoms with E-state index in [-0.39, 0.29) is 30.3 Å². The smallest absolute Gasteiger partial charge is 0.229 e. The maximum atomic E-state index is 11.9. The summed E-state index contributed by atoms with van der Waals surface area (Å²) in [7, 11) is 0. The summed E-state index contributed by atoms with van der Waals surface area (Å²) in [5, 5.41) is 3.56. The monoisotopic (exact) mass is 275 g/mol. The minimum atomic E-state index is 0. The lowest BCUT2D eigenvalue weighted by atomic mass is 9.86. The Morgan fingerprint density at radius 3 is 2.94 bits per heavy atom. The number of hydrogen-bond donors (Lipinski definition) is 2. The molecular weight excluding hydrogens is 258 g/mol. The molecule has 0 saturated heterocycles. The number of halogens is 1. The molecule has 1 saturated carbocycles. The molecule has 1 aliphatic carbocycles. The van der Waals surface area contributed by atoms with Crippen molar-refractivity contribution in [2.24, 2.45) is 11.7 Å². The van der Waals surface area contributed by atoms with Gasteiger partial charge in [-0.05, 0) is 26.2 Å². The minimum Gasteiger partial charge on any atom is -0.328 e. The number of aryl methyl sites for hydroxylation is 1. The third kappa shape index (κ3) is 3.94. The van der Waals surface area contributed by atoms with Gasteiger partial charge in [0.15, 0.2) is 5.13 Å². The highest BCUT2D eigenvalue weighted by molar-refractivity contribution is 7.15. The van der Waals surface area contributed by atoms with E-state index in [1.54, 1.807) is 6.20 Å². The third-order valence-electron chi connectivity index (χ3n) is 2.94. The summed E-state index contributed by atoms with van der Waals surface area (Å²) in [5.41, 5.74) is 5.87. The maximum Gasteiger partial charge on any atom is 0.229 e. The van der Waals surface area contributed by atoms with E-state index >= 15 is 0 Å². The zero-order valence-electron chi connectivity index (χ0n) is 9.81. The molecule has 2 unspecified atom stereocenters. The molecule has 96 valence electrons. The van der Waals surface area contributed by atoms with Crippen LogP contribution in [0.5, 0.6) is 0 Å². The molecule has 1 aliphatic rings. The second-order valence-electron chi connectivity index (χ2n) is 4.39.